The topological polar surface area (TPSA) is 105 Å². The number of carbonyl (C=O) groups excluding carboxylic acids is 1. The molecule has 31 heavy (non-hydrogen) atoms. The van der Waals surface area contributed by atoms with Crippen molar-refractivity contribution in [1.29, 1.82) is 0 Å². The van der Waals surface area contributed by atoms with Crippen molar-refractivity contribution in [2.75, 3.05) is 5.32 Å². The maximum Gasteiger partial charge on any atom is 0.342 e. The standard InChI is InChI=1S/C23H18N6O2/c30-22-17-9-5-4-8-16(17)20-18(10-12-24-21(20)27-22)26-19-11-13-29(28-19)23(31)25-14-15-6-2-1-3-7-15/h1-13H,14H2,(H,25,31)(H2,24,26,27,28,30). The zero-order chi connectivity index (χ0) is 21.2. The van der Waals surface area contributed by atoms with Gasteiger partial charge in [0.2, 0.25) is 0 Å². The zero-order valence-corrected chi connectivity index (χ0v) is 16.4. The van der Waals surface area contributed by atoms with E-state index in [-0.39, 0.29) is 11.6 Å². The van der Waals surface area contributed by atoms with E-state index in [2.05, 4.69) is 25.7 Å². The Kier molecular flexibility index (Phi) is 4.64. The quantitative estimate of drug-likeness (QED) is 0.391. The van der Waals surface area contributed by atoms with Crippen LogP contribution in [-0.4, -0.2) is 25.8 Å². The van der Waals surface area contributed by atoms with E-state index in [4.69, 9.17) is 0 Å². The Bertz CT molecular complexity index is 1460. The van der Waals surface area contributed by atoms with Crippen molar-refractivity contribution in [1.82, 2.24) is 25.1 Å². The number of H-pyrrole nitrogens is 1. The number of amides is 1. The van der Waals surface area contributed by atoms with E-state index in [0.717, 1.165) is 22.0 Å². The summed E-state index contributed by atoms with van der Waals surface area (Å²) in [5, 5.41) is 12.5. The molecule has 0 aliphatic heterocycles. The molecule has 3 N–H and O–H groups in total. The van der Waals surface area contributed by atoms with Crippen LogP contribution in [0, 0.1) is 0 Å². The number of rotatable bonds is 4. The molecule has 3 aromatic heterocycles. The number of pyridine rings is 2. The van der Waals surface area contributed by atoms with Gasteiger partial charge in [-0.25, -0.2) is 9.78 Å². The van der Waals surface area contributed by atoms with Crippen molar-refractivity contribution < 1.29 is 4.79 Å². The Morgan fingerprint density at radius 2 is 1.74 bits per heavy atom. The van der Waals surface area contributed by atoms with Gasteiger partial charge in [-0.05, 0) is 17.7 Å². The number of anilines is 2. The molecule has 0 fully saturated rings. The number of nitrogens with one attached hydrogen (secondary N) is 3. The Morgan fingerprint density at radius 1 is 0.968 bits per heavy atom. The minimum absolute atomic E-state index is 0.188. The Labute approximate surface area is 176 Å². The maximum absolute atomic E-state index is 12.4. The van der Waals surface area contributed by atoms with Gasteiger partial charge in [-0.2, -0.15) is 4.68 Å². The number of benzene rings is 2. The molecule has 0 saturated heterocycles. The van der Waals surface area contributed by atoms with Crippen LogP contribution in [0.3, 0.4) is 0 Å². The Morgan fingerprint density at radius 3 is 2.58 bits per heavy atom. The van der Waals surface area contributed by atoms with Gasteiger partial charge >= 0.3 is 6.03 Å². The van der Waals surface area contributed by atoms with Crippen molar-refractivity contribution in [3.8, 4) is 0 Å². The highest BCUT2D eigenvalue weighted by atomic mass is 16.2. The van der Waals surface area contributed by atoms with Crippen LogP contribution in [0.15, 0.2) is 83.9 Å². The molecule has 8 nitrogen and oxygen atoms in total. The molecule has 1 amide bonds. The highest BCUT2D eigenvalue weighted by Gasteiger charge is 2.12. The molecule has 5 rings (SSSR count). The van der Waals surface area contributed by atoms with E-state index >= 15 is 0 Å². The molecule has 3 heterocycles. The lowest BCUT2D eigenvalue weighted by Crippen LogP contribution is -2.28. The van der Waals surface area contributed by atoms with Crippen LogP contribution in [0.1, 0.15) is 5.56 Å². The summed E-state index contributed by atoms with van der Waals surface area (Å²) in [6.45, 7) is 0.413. The third-order valence-corrected chi connectivity index (χ3v) is 4.97. The number of nitrogens with zero attached hydrogens (tertiary/aromatic N) is 3. The van der Waals surface area contributed by atoms with Gasteiger partial charge in [0.25, 0.3) is 5.56 Å². The van der Waals surface area contributed by atoms with Gasteiger partial charge in [0.1, 0.15) is 5.65 Å². The molecule has 0 saturated carbocycles. The number of hydrogen-bond acceptors (Lipinski definition) is 5. The lowest BCUT2D eigenvalue weighted by atomic mass is 10.1. The van der Waals surface area contributed by atoms with Crippen LogP contribution in [-0.2, 0) is 6.54 Å². The largest absolute Gasteiger partial charge is 0.342 e. The normalized spacial score (nSPS) is 11.0. The van der Waals surface area contributed by atoms with Crippen LogP contribution in [0.4, 0.5) is 16.3 Å². The summed E-state index contributed by atoms with van der Waals surface area (Å²) in [6.07, 6.45) is 3.20. The third-order valence-electron chi connectivity index (χ3n) is 4.97. The van der Waals surface area contributed by atoms with Gasteiger partial charge < -0.3 is 15.6 Å². The predicted molar refractivity (Wildman–Crippen MR) is 119 cm³/mol. The van der Waals surface area contributed by atoms with Gasteiger partial charge in [0, 0.05) is 41.2 Å². The highest BCUT2D eigenvalue weighted by molar-refractivity contribution is 6.10. The molecule has 152 valence electrons. The molecule has 0 aliphatic carbocycles. The number of fused-ring (bicyclic) bond motifs is 3. The van der Waals surface area contributed by atoms with Crippen LogP contribution in [0.5, 0.6) is 0 Å². The molecule has 0 atom stereocenters. The fourth-order valence-electron chi connectivity index (χ4n) is 3.50. The predicted octanol–water partition coefficient (Wildman–Crippen LogP) is 3.77. The first-order chi connectivity index (χ1) is 15.2. The first kappa shape index (κ1) is 18.6. The van der Waals surface area contributed by atoms with Gasteiger partial charge in [0.05, 0.1) is 5.69 Å². The summed E-state index contributed by atoms with van der Waals surface area (Å²) in [5.74, 6) is 0.498. The Balaban J connectivity index is 1.42. The van der Waals surface area contributed by atoms with Crippen molar-refractivity contribution in [3.05, 3.63) is 95.0 Å². The van der Waals surface area contributed by atoms with Gasteiger partial charge in [0.15, 0.2) is 5.82 Å². The fraction of sp³-hybridized carbons (Fsp3) is 0.0435. The zero-order valence-electron chi connectivity index (χ0n) is 16.4. The number of hydrogen-bond donors (Lipinski definition) is 3. The Hall–Kier alpha value is -4.46. The van der Waals surface area contributed by atoms with E-state index in [1.165, 1.54) is 4.68 Å². The molecule has 0 bridgehead atoms. The average Bonchev–Trinajstić information content (AvgIpc) is 3.27. The lowest BCUT2D eigenvalue weighted by Gasteiger charge is -2.09. The summed E-state index contributed by atoms with van der Waals surface area (Å²) in [7, 11) is 0. The summed E-state index contributed by atoms with van der Waals surface area (Å²) < 4.78 is 1.24. The minimum atomic E-state index is -0.328. The number of aromatic amines is 1. The monoisotopic (exact) mass is 410 g/mol. The van der Waals surface area contributed by atoms with E-state index in [9.17, 15) is 9.59 Å². The van der Waals surface area contributed by atoms with E-state index in [0.29, 0.717) is 23.4 Å². The molecular weight excluding hydrogens is 392 g/mol. The molecular formula is C23H18N6O2. The second-order valence-corrected chi connectivity index (χ2v) is 7.00. The van der Waals surface area contributed by atoms with Crippen molar-refractivity contribution in [3.63, 3.8) is 0 Å². The fourth-order valence-corrected chi connectivity index (χ4v) is 3.50. The lowest BCUT2D eigenvalue weighted by molar-refractivity contribution is 0.239. The highest BCUT2D eigenvalue weighted by Crippen LogP contribution is 2.28. The molecule has 8 heteroatoms. The minimum Gasteiger partial charge on any atom is -0.338 e. The van der Waals surface area contributed by atoms with E-state index in [1.54, 1.807) is 24.5 Å². The molecule has 0 unspecified atom stereocenters. The summed E-state index contributed by atoms with van der Waals surface area (Å²) in [4.78, 5) is 31.9. The summed E-state index contributed by atoms with van der Waals surface area (Å²) >= 11 is 0. The smallest absolute Gasteiger partial charge is 0.338 e. The van der Waals surface area contributed by atoms with Crippen LogP contribution in [0.2, 0.25) is 0 Å². The second kappa shape index (κ2) is 7.75. The van der Waals surface area contributed by atoms with Gasteiger partial charge in [-0.3, -0.25) is 4.79 Å². The summed E-state index contributed by atoms with van der Waals surface area (Å²) in [5.41, 5.74) is 2.03. The second-order valence-electron chi connectivity index (χ2n) is 7.00. The maximum atomic E-state index is 12.4. The molecule has 2 aromatic carbocycles. The SMILES string of the molecule is O=C(NCc1ccccc1)n1ccc(Nc2ccnc3[nH]c(=O)c4ccccc4c23)n1. The molecule has 0 spiro atoms. The van der Waals surface area contributed by atoms with Crippen molar-refractivity contribution in [2.45, 2.75) is 6.54 Å². The van der Waals surface area contributed by atoms with Gasteiger partial charge in [-0.1, -0.05) is 48.5 Å². The van der Waals surface area contributed by atoms with Crippen LogP contribution < -0.4 is 16.2 Å². The molecule has 0 radical (unpaired) electrons. The van der Waals surface area contributed by atoms with E-state index < -0.39 is 0 Å². The van der Waals surface area contributed by atoms with Crippen molar-refractivity contribution >= 4 is 39.3 Å². The average molecular weight is 410 g/mol. The van der Waals surface area contributed by atoms with Gasteiger partial charge in [-0.15, -0.1) is 5.10 Å². The molecule has 0 aliphatic rings. The number of aromatic nitrogens is 4. The first-order valence-electron chi connectivity index (χ1n) is 9.73. The van der Waals surface area contributed by atoms with E-state index in [1.807, 2.05) is 54.6 Å². The van der Waals surface area contributed by atoms with Crippen LogP contribution >= 0.6 is 0 Å². The number of carbonyl (C=O) groups is 1. The first-order valence-corrected chi connectivity index (χ1v) is 9.73. The summed E-state index contributed by atoms with van der Waals surface area (Å²) in [6, 6.07) is 20.2. The van der Waals surface area contributed by atoms with Crippen molar-refractivity contribution in [2.24, 2.45) is 0 Å². The third kappa shape index (κ3) is 3.62. The molecule has 5 aromatic rings. The van der Waals surface area contributed by atoms with Crippen LogP contribution in [0.25, 0.3) is 21.8 Å².